The summed E-state index contributed by atoms with van der Waals surface area (Å²) in [6.07, 6.45) is 3.28. The molecule has 3 rings (SSSR count). The van der Waals surface area contributed by atoms with Gasteiger partial charge in [-0.05, 0) is 24.6 Å². The van der Waals surface area contributed by atoms with Crippen LogP contribution in [-0.2, 0) is 16.1 Å². The van der Waals surface area contributed by atoms with Crippen LogP contribution in [0.1, 0.15) is 25.2 Å². The maximum atomic E-state index is 14.4. The Balaban J connectivity index is 1.61. The van der Waals surface area contributed by atoms with Gasteiger partial charge in [-0.1, -0.05) is 19.9 Å². The highest BCUT2D eigenvalue weighted by atomic mass is 19.1. The number of aromatic nitrogens is 2. The van der Waals surface area contributed by atoms with Gasteiger partial charge in [-0.15, -0.1) is 0 Å². The third-order valence-corrected chi connectivity index (χ3v) is 4.43. The van der Waals surface area contributed by atoms with Gasteiger partial charge in [-0.2, -0.15) is 0 Å². The van der Waals surface area contributed by atoms with Crippen molar-refractivity contribution in [2.24, 2.45) is 5.41 Å². The lowest BCUT2D eigenvalue weighted by Crippen LogP contribution is -2.49. The summed E-state index contributed by atoms with van der Waals surface area (Å²) in [5.41, 5.74) is 0.529. The quantitative estimate of drug-likeness (QED) is 0.818. The van der Waals surface area contributed by atoms with Crippen molar-refractivity contribution < 1.29 is 18.7 Å². The lowest BCUT2D eigenvalue weighted by molar-refractivity contribution is -0.139. The smallest absolute Gasteiger partial charge is 0.329 e. The molecule has 0 bridgehead atoms. The Morgan fingerprint density at radius 3 is 2.81 bits per heavy atom. The number of amides is 2. The summed E-state index contributed by atoms with van der Waals surface area (Å²) in [7, 11) is 0. The fraction of sp³-hybridized carbons (Fsp3) is 0.389. The summed E-state index contributed by atoms with van der Waals surface area (Å²) < 4.78 is 21.0. The maximum absolute atomic E-state index is 14.4. The highest BCUT2D eigenvalue weighted by Gasteiger charge is 2.44. The molecule has 1 atom stereocenters. The second-order valence-corrected chi connectivity index (χ2v) is 6.99. The van der Waals surface area contributed by atoms with E-state index in [2.05, 4.69) is 15.6 Å². The molecule has 0 radical (unpaired) electrons. The zero-order valence-electron chi connectivity index (χ0n) is 14.9. The summed E-state index contributed by atoms with van der Waals surface area (Å²) in [6.45, 7) is 5.87. The first-order valence-electron chi connectivity index (χ1n) is 8.28. The molecule has 1 aromatic heterocycles. The molecule has 26 heavy (non-hydrogen) atoms. The molecule has 1 saturated heterocycles. The van der Waals surface area contributed by atoms with E-state index in [1.165, 1.54) is 6.07 Å². The molecule has 8 heteroatoms. The summed E-state index contributed by atoms with van der Waals surface area (Å²) in [4.78, 5) is 27.8. The monoisotopic (exact) mass is 360 g/mol. The number of nitrogens with zero attached hydrogens (tertiary/aromatic N) is 2. The predicted octanol–water partition coefficient (Wildman–Crippen LogP) is 2.07. The molecule has 1 aliphatic rings. The zero-order chi connectivity index (χ0) is 18.9. The van der Waals surface area contributed by atoms with Crippen LogP contribution in [0.2, 0.25) is 0 Å². The van der Waals surface area contributed by atoms with Gasteiger partial charge in [0.15, 0.2) is 0 Å². The first-order valence-corrected chi connectivity index (χ1v) is 8.28. The summed E-state index contributed by atoms with van der Waals surface area (Å²) in [6, 6.07) is 3.52. The molecule has 1 aliphatic heterocycles. The van der Waals surface area contributed by atoms with Crippen LogP contribution >= 0.6 is 0 Å². The summed E-state index contributed by atoms with van der Waals surface area (Å²) >= 11 is 0. The van der Waals surface area contributed by atoms with Gasteiger partial charge in [0.05, 0.1) is 12.3 Å². The number of imidazole rings is 1. The largest absolute Gasteiger partial charge is 0.463 e. The summed E-state index contributed by atoms with van der Waals surface area (Å²) in [5, 5.41) is 5.25. The number of benzene rings is 1. The minimum absolute atomic E-state index is 0.133. The van der Waals surface area contributed by atoms with Crippen molar-refractivity contribution in [1.29, 1.82) is 0 Å². The molecule has 2 amide bonds. The molecule has 2 N–H and O–H groups in total. The van der Waals surface area contributed by atoms with Crippen molar-refractivity contribution in [3.63, 3.8) is 0 Å². The van der Waals surface area contributed by atoms with E-state index in [9.17, 15) is 14.0 Å². The van der Waals surface area contributed by atoms with Crippen molar-refractivity contribution in [3.8, 4) is 5.69 Å². The number of ether oxygens (including phenoxy) is 1. The Labute approximate surface area is 150 Å². The van der Waals surface area contributed by atoms with Crippen molar-refractivity contribution in [1.82, 2.24) is 20.2 Å². The van der Waals surface area contributed by atoms with Crippen LogP contribution in [0.4, 0.5) is 9.18 Å². The van der Waals surface area contributed by atoms with Crippen LogP contribution in [0.15, 0.2) is 30.6 Å². The average molecular weight is 360 g/mol. The minimum atomic E-state index is -0.703. The van der Waals surface area contributed by atoms with Crippen LogP contribution in [0.25, 0.3) is 5.69 Å². The predicted molar refractivity (Wildman–Crippen MR) is 92.2 cm³/mol. The number of carbonyl (C=O) groups excluding carboxylic acids is 2. The molecule has 0 aliphatic carbocycles. The van der Waals surface area contributed by atoms with Crippen LogP contribution in [0, 0.1) is 18.2 Å². The van der Waals surface area contributed by atoms with Gasteiger partial charge in [0, 0.05) is 24.4 Å². The van der Waals surface area contributed by atoms with E-state index in [1.54, 1.807) is 36.0 Å². The van der Waals surface area contributed by atoms with Gasteiger partial charge in [-0.3, -0.25) is 0 Å². The number of hydrogen-bond acceptors (Lipinski definition) is 4. The van der Waals surface area contributed by atoms with Crippen molar-refractivity contribution in [3.05, 3.63) is 47.8 Å². The number of aryl methyl sites for hydroxylation is 1. The van der Waals surface area contributed by atoms with Crippen molar-refractivity contribution >= 4 is 12.0 Å². The average Bonchev–Trinajstić information content (AvgIpc) is 3.11. The third kappa shape index (κ3) is 3.54. The molecule has 2 heterocycles. The van der Waals surface area contributed by atoms with Crippen LogP contribution in [-0.4, -0.2) is 34.2 Å². The second-order valence-electron chi connectivity index (χ2n) is 6.99. The Morgan fingerprint density at radius 1 is 1.46 bits per heavy atom. The maximum Gasteiger partial charge on any atom is 0.329 e. The topological polar surface area (TPSA) is 85.3 Å². The van der Waals surface area contributed by atoms with Gasteiger partial charge in [0.1, 0.15) is 17.7 Å². The zero-order valence-corrected chi connectivity index (χ0v) is 14.9. The lowest BCUT2D eigenvalue weighted by atomic mass is 9.88. The number of rotatable bonds is 4. The van der Waals surface area contributed by atoms with Crippen LogP contribution in [0.3, 0.4) is 0 Å². The lowest BCUT2D eigenvalue weighted by Gasteiger charge is -2.22. The number of urea groups is 1. The first kappa shape index (κ1) is 17.9. The van der Waals surface area contributed by atoms with E-state index in [0.717, 1.165) is 0 Å². The molecule has 0 saturated carbocycles. The van der Waals surface area contributed by atoms with E-state index in [4.69, 9.17) is 4.74 Å². The Hall–Kier alpha value is -2.90. The van der Waals surface area contributed by atoms with Crippen molar-refractivity contribution in [2.45, 2.75) is 33.4 Å². The normalized spacial score (nSPS) is 18.5. The molecular formula is C18H21FN4O3. The molecule has 138 valence electrons. The number of esters is 1. The molecule has 1 fully saturated rings. The number of carbonyl (C=O) groups is 2. The van der Waals surface area contributed by atoms with Gasteiger partial charge in [0.25, 0.3) is 0 Å². The molecule has 0 spiro atoms. The number of halogens is 1. The first-order chi connectivity index (χ1) is 12.3. The Kier molecular flexibility index (Phi) is 4.67. The highest BCUT2D eigenvalue weighted by Crippen LogP contribution is 2.28. The van der Waals surface area contributed by atoms with E-state index >= 15 is 0 Å². The number of nitrogens with one attached hydrogen (secondary N) is 2. The standard InChI is InChI=1S/C18H21FN4O3/c1-11-20-6-7-23(11)14-5-4-12(8-13(14)19)9-21-17(25)22-15-16(24)26-10-18(15,2)3/h4-8,15H,9-10H2,1-3H3,(H2,21,22,25). The Morgan fingerprint density at radius 2 is 2.23 bits per heavy atom. The number of hydrogen-bond donors (Lipinski definition) is 2. The summed E-state index contributed by atoms with van der Waals surface area (Å²) in [5.74, 6) is -0.178. The van der Waals surface area contributed by atoms with Crippen LogP contribution < -0.4 is 10.6 Å². The molecular weight excluding hydrogens is 339 g/mol. The van der Waals surface area contributed by atoms with Crippen molar-refractivity contribution in [2.75, 3.05) is 6.61 Å². The molecule has 2 aromatic rings. The molecule has 1 aromatic carbocycles. The SMILES string of the molecule is Cc1nccn1-c1ccc(CNC(=O)NC2C(=O)OCC2(C)C)cc1F. The van der Waals surface area contributed by atoms with E-state index in [-0.39, 0.29) is 13.2 Å². The van der Waals surface area contributed by atoms with E-state index < -0.39 is 29.3 Å². The van der Waals surface area contributed by atoms with Gasteiger partial charge < -0.3 is 19.9 Å². The Bertz CT molecular complexity index is 847. The molecule has 7 nitrogen and oxygen atoms in total. The minimum Gasteiger partial charge on any atom is -0.463 e. The van der Waals surface area contributed by atoms with Gasteiger partial charge >= 0.3 is 12.0 Å². The fourth-order valence-electron chi connectivity index (χ4n) is 2.85. The second kappa shape index (κ2) is 6.78. The highest BCUT2D eigenvalue weighted by molar-refractivity contribution is 5.85. The number of cyclic esters (lactones) is 1. The third-order valence-electron chi connectivity index (χ3n) is 4.43. The van der Waals surface area contributed by atoms with Crippen LogP contribution in [0.5, 0.6) is 0 Å². The fourth-order valence-corrected chi connectivity index (χ4v) is 2.85. The molecule has 1 unspecified atom stereocenters. The van der Waals surface area contributed by atoms with Gasteiger partial charge in [-0.25, -0.2) is 19.0 Å². The van der Waals surface area contributed by atoms with E-state index in [0.29, 0.717) is 17.1 Å². The van der Waals surface area contributed by atoms with Gasteiger partial charge in [0.2, 0.25) is 0 Å². The van der Waals surface area contributed by atoms with E-state index in [1.807, 2.05) is 13.8 Å².